The van der Waals surface area contributed by atoms with E-state index in [0.29, 0.717) is 16.3 Å². The van der Waals surface area contributed by atoms with E-state index in [1.165, 1.54) is 17.8 Å². The third kappa shape index (κ3) is 7.71. The Morgan fingerprint density at radius 3 is 2.41 bits per heavy atom. The van der Waals surface area contributed by atoms with Gasteiger partial charge in [-0.1, -0.05) is 29.8 Å². The second kappa shape index (κ2) is 11.6. The molecule has 2 amide bonds. The molecule has 0 saturated carbocycles. The highest BCUT2D eigenvalue weighted by Crippen LogP contribution is 2.24. The number of nitrogens with zero attached hydrogens (tertiary/aromatic N) is 1. The summed E-state index contributed by atoms with van der Waals surface area (Å²) < 4.78 is 19.2. The van der Waals surface area contributed by atoms with Gasteiger partial charge in [0, 0.05) is 28.4 Å². The minimum Gasteiger partial charge on any atom is -0.497 e. The molecule has 0 aliphatic heterocycles. The summed E-state index contributed by atoms with van der Waals surface area (Å²) in [5, 5.41) is 3.26. The number of halogens is 2. The van der Waals surface area contributed by atoms with Crippen LogP contribution in [0.2, 0.25) is 5.02 Å². The predicted octanol–water partition coefficient (Wildman–Crippen LogP) is 5.05. The fraction of sp³-hybridized carbons (Fsp3) is 0.417. The molecule has 2 rings (SSSR count). The Kier molecular flexibility index (Phi) is 9.40. The molecule has 32 heavy (non-hydrogen) atoms. The molecule has 1 unspecified atom stereocenters. The van der Waals surface area contributed by atoms with E-state index in [1.807, 2.05) is 45.0 Å². The minimum atomic E-state index is -0.679. The topological polar surface area (TPSA) is 58.6 Å². The molecule has 5 nitrogen and oxygen atoms in total. The first-order valence-electron chi connectivity index (χ1n) is 10.3. The zero-order valence-electron chi connectivity index (χ0n) is 19.1. The van der Waals surface area contributed by atoms with Gasteiger partial charge in [0.2, 0.25) is 11.8 Å². The molecule has 2 aromatic rings. The van der Waals surface area contributed by atoms with Crippen LogP contribution in [-0.4, -0.2) is 41.2 Å². The van der Waals surface area contributed by atoms with Gasteiger partial charge in [0.15, 0.2) is 0 Å². The molecule has 0 aliphatic rings. The highest BCUT2D eigenvalue weighted by atomic mass is 35.5. The molecule has 0 radical (unpaired) electrons. The predicted molar refractivity (Wildman–Crippen MR) is 128 cm³/mol. The Morgan fingerprint density at radius 2 is 1.84 bits per heavy atom. The van der Waals surface area contributed by atoms with E-state index in [0.717, 1.165) is 5.56 Å². The van der Waals surface area contributed by atoms with Crippen molar-refractivity contribution >= 4 is 35.2 Å². The van der Waals surface area contributed by atoms with Crippen molar-refractivity contribution in [3.05, 3.63) is 64.4 Å². The number of benzene rings is 2. The number of rotatable bonds is 9. The highest BCUT2D eigenvalue weighted by Gasteiger charge is 2.28. The van der Waals surface area contributed by atoms with E-state index in [4.69, 9.17) is 16.3 Å². The molecule has 0 aliphatic carbocycles. The van der Waals surface area contributed by atoms with Crippen LogP contribution in [-0.2, 0) is 21.9 Å². The Bertz CT molecular complexity index is 912. The highest BCUT2D eigenvalue weighted by molar-refractivity contribution is 7.99. The second-order valence-electron chi connectivity index (χ2n) is 8.48. The van der Waals surface area contributed by atoms with Gasteiger partial charge in [-0.15, -0.1) is 11.8 Å². The summed E-state index contributed by atoms with van der Waals surface area (Å²) >= 11 is 7.34. The number of methoxy groups -OCH3 is 1. The van der Waals surface area contributed by atoms with Crippen molar-refractivity contribution in [1.82, 2.24) is 10.2 Å². The summed E-state index contributed by atoms with van der Waals surface area (Å²) in [5.41, 5.74) is 0.820. The number of carbonyl (C=O) groups is 2. The number of hydrogen-bond acceptors (Lipinski definition) is 4. The van der Waals surface area contributed by atoms with Crippen LogP contribution in [0.3, 0.4) is 0 Å². The second-order valence-corrected chi connectivity index (χ2v) is 9.87. The van der Waals surface area contributed by atoms with Gasteiger partial charge in [0.1, 0.15) is 17.6 Å². The maximum absolute atomic E-state index is 14.0. The summed E-state index contributed by atoms with van der Waals surface area (Å²) in [6.45, 7) is 7.65. The van der Waals surface area contributed by atoms with E-state index in [1.54, 1.807) is 31.1 Å². The third-order valence-electron chi connectivity index (χ3n) is 4.71. The number of ether oxygens (including phenoxy) is 1. The van der Waals surface area contributed by atoms with E-state index in [2.05, 4.69) is 5.32 Å². The third-order valence-corrected chi connectivity index (χ3v) is 6.01. The Balaban J connectivity index is 2.14. The molecule has 0 bridgehead atoms. The molecule has 2 aromatic carbocycles. The molecule has 0 fully saturated rings. The average molecular weight is 481 g/mol. The standard InChI is InChI=1S/C24H30ClFN2O3S/c1-16(23(30)27-24(2,3)4)28(13-17-9-11-18(31-5)12-10-17)22(29)15-32-14-19-20(25)7-6-8-21(19)26/h6-12,16H,13-15H2,1-5H3,(H,27,30). The molecule has 1 N–H and O–H groups in total. The first kappa shape index (κ1) is 26.0. The lowest BCUT2D eigenvalue weighted by atomic mass is 10.1. The molecule has 8 heteroatoms. The summed E-state index contributed by atoms with van der Waals surface area (Å²) in [5.74, 6) is 0.216. The van der Waals surface area contributed by atoms with Crippen LogP contribution in [0.15, 0.2) is 42.5 Å². The smallest absolute Gasteiger partial charge is 0.242 e. The molecule has 1 atom stereocenters. The number of nitrogens with one attached hydrogen (secondary N) is 1. The molecule has 0 spiro atoms. The number of hydrogen-bond donors (Lipinski definition) is 1. The first-order valence-corrected chi connectivity index (χ1v) is 11.8. The fourth-order valence-electron chi connectivity index (χ4n) is 2.98. The number of carbonyl (C=O) groups excluding carboxylic acids is 2. The van der Waals surface area contributed by atoms with Crippen LogP contribution in [0.5, 0.6) is 5.75 Å². The maximum Gasteiger partial charge on any atom is 0.242 e. The summed E-state index contributed by atoms with van der Waals surface area (Å²) in [7, 11) is 1.59. The minimum absolute atomic E-state index is 0.0912. The van der Waals surface area contributed by atoms with Crippen molar-refractivity contribution in [2.45, 2.75) is 51.6 Å². The first-order chi connectivity index (χ1) is 15.0. The number of amides is 2. The number of thioether (sulfide) groups is 1. The largest absolute Gasteiger partial charge is 0.497 e. The van der Waals surface area contributed by atoms with E-state index in [9.17, 15) is 14.0 Å². The lowest BCUT2D eigenvalue weighted by molar-refractivity contribution is -0.139. The fourth-order valence-corrected chi connectivity index (χ4v) is 4.23. The van der Waals surface area contributed by atoms with Gasteiger partial charge < -0.3 is 15.0 Å². The zero-order valence-corrected chi connectivity index (χ0v) is 20.6. The van der Waals surface area contributed by atoms with Crippen molar-refractivity contribution in [3.63, 3.8) is 0 Å². The van der Waals surface area contributed by atoms with E-state index < -0.39 is 17.4 Å². The van der Waals surface area contributed by atoms with E-state index in [-0.39, 0.29) is 29.9 Å². The van der Waals surface area contributed by atoms with Crippen molar-refractivity contribution in [1.29, 1.82) is 0 Å². The molecule has 0 aromatic heterocycles. The van der Waals surface area contributed by atoms with Gasteiger partial charge in [-0.3, -0.25) is 9.59 Å². The van der Waals surface area contributed by atoms with E-state index >= 15 is 0 Å². The average Bonchev–Trinajstić information content (AvgIpc) is 2.72. The molecular weight excluding hydrogens is 451 g/mol. The normalized spacial score (nSPS) is 12.2. The summed E-state index contributed by atoms with van der Waals surface area (Å²) in [6.07, 6.45) is 0. The van der Waals surface area contributed by atoms with Gasteiger partial charge in [-0.2, -0.15) is 0 Å². The molecule has 0 saturated heterocycles. The van der Waals surface area contributed by atoms with Gasteiger partial charge >= 0.3 is 0 Å². The molecule has 0 heterocycles. The SMILES string of the molecule is COc1ccc(CN(C(=O)CSCc2c(F)cccc2Cl)C(C)C(=O)NC(C)(C)C)cc1. The molecule has 174 valence electrons. The molecular formula is C24H30ClFN2O3S. The van der Waals surface area contributed by atoms with Crippen LogP contribution in [0, 0.1) is 5.82 Å². The maximum atomic E-state index is 14.0. The van der Waals surface area contributed by atoms with Gasteiger partial charge in [-0.25, -0.2) is 4.39 Å². The lowest BCUT2D eigenvalue weighted by Gasteiger charge is -2.31. The monoisotopic (exact) mass is 480 g/mol. The van der Waals surface area contributed by atoms with Crippen molar-refractivity contribution in [3.8, 4) is 5.75 Å². The Hall–Kier alpha value is -2.25. The van der Waals surface area contributed by atoms with Crippen LogP contribution in [0.25, 0.3) is 0 Å². The van der Waals surface area contributed by atoms with Crippen molar-refractivity contribution < 1.29 is 18.7 Å². The van der Waals surface area contributed by atoms with Gasteiger partial charge in [0.25, 0.3) is 0 Å². The lowest BCUT2D eigenvalue weighted by Crippen LogP contribution is -2.52. The van der Waals surface area contributed by atoms with Crippen molar-refractivity contribution in [2.24, 2.45) is 0 Å². The summed E-state index contributed by atoms with van der Waals surface area (Å²) in [4.78, 5) is 27.4. The van der Waals surface area contributed by atoms with Crippen LogP contribution in [0.1, 0.15) is 38.8 Å². The Labute approximate surface area is 198 Å². The van der Waals surface area contributed by atoms with Gasteiger partial charge in [-0.05, 0) is 57.5 Å². The summed E-state index contributed by atoms with van der Waals surface area (Å²) in [6, 6.07) is 11.2. The van der Waals surface area contributed by atoms with Gasteiger partial charge in [0.05, 0.1) is 12.9 Å². The Morgan fingerprint density at radius 1 is 1.19 bits per heavy atom. The van der Waals surface area contributed by atoms with Crippen molar-refractivity contribution in [2.75, 3.05) is 12.9 Å². The zero-order chi connectivity index (χ0) is 23.9. The van der Waals surface area contributed by atoms with Crippen LogP contribution < -0.4 is 10.1 Å². The van der Waals surface area contributed by atoms with Crippen LogP contribution >= 0.6 is 23.4 Å². The quantitative estimate of drug-likeness (QED) is 0.545. The van der Waals surface area contributed by atoms with Crippen LogP contribution in [0.4, 0.5) is 4.39 Å².